The van der Waals surface area contributed by atoms with E-state index >= 15 is 0 Å². The van der Waals surface area contributed by atoms with E-state index < -0.39 is 5.97 Å². The Kier molecular flexibility index (Phi) is 5.32. The molecule has 4 heteroatoms. The summed E-state index contributed by atoms with van der Waals surface area (Å²) in [5, 5.41) is 8.45. The predicted octanol–water partition coefficient (Wildman–Crippen LogP) is 0.354. The highest BCUT2D eigenvalue weighted by Gasteiger charge is 2.18. The Morgan fingerprint density at radius 3 is 2.45 bits per heavy atom. The molecule has 0 saturated carbocycles. The average molecular weight is 179 g/mol. The molecule has 0 aliphatic heterocycles. The van der Waals surface area contributed by atoms with E-state index in [0.717, 1.165) is 5.75 Å². The zero-order chi connectivity index (χ0) is 8.85. The summed E-state index contributed by atoms with van der Waals surface area (Å²) in [4.78, 5) is 10.3. The summed E-state index contributed by atoms with van der Waals surface area (Å²) >= 11 is 0. The van der Waals surface area contributed by atoms with Crippen molar-refractivity contribution in [1.82, 2.24) is 0 Å². The fraction of sp³-hybridized carbons (Fsp3) is 0.857. The van der Waals surface area contributed by atoms with Gasteiger partial charge in [0.15, 0.2) is 0 Å². The maximum Gasteiger partial charge on any atom is 0.306 e. The van der Waals surface area contributed by atoms with Crippen LogP contribution in [0.5, 0.6) is 0 Å². The number of rotatable bonds is 5. The van der Waals surface area contributed by atoms with Crippen molar-refractivity contribution in [3.8, 4) is 0 Å². The minimum absolute atomic E-state index is 0.113. The van der Waals surface area contributed by atoms with E-state index in [1.54, 1.807) is 7.11 Å². The molecule has 66 valence electrons. The second kappa shape index (κ2) is 5.43. The van der Waals surface area contributed by atoms with Crippen molar-refractivity contribution in [2.24, 2.45) is 0 Å². The molecule has 0 amide bonds. The van der Waals surface area contributed by atoms with Gasteiger partial charge >= 0.3 is 5.97 Å². The van der Waals surface area contributed by atoms with Gasteiger partial charge in [0.25, 0.3) is 0 Å². The molecule has 0 aliphatic carbocycles. The van der Waals surface area contributed by atoms with Crippen molar-refractivity contribution < 1.29 is 14.6 Å². The Bertz CT molecular complexity index is 125. The molecule has 1 unspecified atom stereocenters. The van der Waals surface area contributed by atoms with E-state index in [0.29, 0.717) is 0 Å². The van der Waals surface area contributed by atoms with Gasteiger partial charge in [0.1, 0.15) is 11.9 Å². The summed E-state index contributed by atoms with van der Waals surface area (Å²) in [7, 11) is 1.81. The van der Waals surface area contributed by atoms with Crippen molar-refractivity contribution in [3.05, 3.63) is 0 Å². The quantitative estimate of drug-likeness (QED) is 0.620. The van der Waals surface area contributed by atoms with Crippen LogP contribution in [0.25, 0.3) is 0 Å². The molecule has 1 atom stereocenters. The lowest BCUT2D eigenvalue weighted by atomic mass is 10.3. The first kappa shape index (κ1) is 10.8. The molecule has 0 aromatic carbocycles. The molecule has 0 saturated heterocycles. The standard InChI is InChI=1S/C7H14O3S/c1-10-6(4-7(8)9)5-11(2)3/h6H,4-5H2,1-3H3/p+1. The van der Waals surface area contributed by atoms with Crippen LogP contribution in [0.2, 0.25) is 0 Å². The van der Waals surface area contributed by atoms with Gasteiger partial charge in [-0.3, -0.25) is 4.79 Å². The minimum atomic E-state index is -0.790. The van der Waals surface area contributed by atoms with E-state index in [9.17, 15) is 4.79 Å². The number of methoxy groups -OCH3 is 1. The fourth-order valence-electron chi connectivity index (χ4n) is 0.777. The Hall–Kier alpha value is -0.220. The summed E-state index contributed by atoms with van der Waals surface area (Å²) in [6, 6.07) is 0. The fourth-order valence-corrected chi connectivity index (χ4v) is 1.77. The van der Waals surface area contributed by atoms with Crippen molar-refractivity contribution in [2.75, 3.05) is 25.4 Å². The number of carboxylic acids is 1. The third kappa shape index (κ3) is 6.19. The van der Waals surface area contributed by atoms with E-state index in [2.05, 4.69) is 12.5 Å². The molecule has 0 bridgehead atoms. The molecule has 0 fully saturated rings. The number of ether oxygens (including phenoxy) is 1. The van der Waals surface area contributed by atoms with Crippen LogP contribution in [0.1, 0.15) is 6.42 Å². The maximum atomic E-state index is 10.3. The molecular weight excluding hydrogens is 164 g/mol. The van der Waals surface area contributed by atoms with Crippen LogP contribution in [0, 0.1) is 0 Å². The van der Waals surface area contributed by atoms with Crippen LogP contribution in [0.15, 0.2) is 0 Å². The molecule has 0 heterocycles. The second-order valence-corrected chi connectivity index (χ2v) is 4.91. The summed E-state index contributed by atoms with van der Waals surface area (Å²) < 4.78 is 5.00. The van der Waals surface area contributed by atoms with Crippen LogP contribution in [0.4, 0.5) is 0 Å². The number of aliphatic carboxylic acids is 1. The molecule has 0 aromatic rings. The summed E-state index contributed by atoms with van der Waals surface area (Å²) in [6.07, 6.45) is 4.15. The summed E-state index contributed by atoms with van der Waals surface area (Å²) in [5.41, 5.74) is 0. The van der Waals surface area contributed by atoms with Gasteiger partial charge in [-0.1, -0.05) is 0 Å². The first-order valence-corrected chi connectivity index (χ1v) is 5.56. The van der Waals surface area contributed by atoms with E-state index in [-0.39, 0.29) is 23.4 Å². The number of carboxylic acid groups (broad SMARTS) is 1. The van der Waals surface area contributed by atoms with Gasteiger partial charge in [-0.05, 0) is 10.9 Å². The number of hydrogen-bond acceptors (Lipinski definition) is 2. The Morgan fingerprint density at radius 2 is 2.18 bits per heavy atom. The third-order valence-electron chi connectivity index (χ3n) is 1.25. The smallest absolute Gasteiger partial charge is 0.306 e. The SMILES string of the molecule is COC(CC(=O)O)C[S+](C)C. The van der Waals surface area contributed by atoms with Gasteiger partial charge in [-0.25, -0.2) is 0 Å². The highest BCUT2D eigenvalue weighted by Crippen LogP contribution is 2.01. The van der Waals surface area contributed by atoms with E-state index in [1.165, 1.54) is 0 Å². The highest BCUT2D eigenvalue weighted by atomic mass is 32.2. The van der Waals surface area contributed by atoms with Crippen molar-refractivity contribution in [1.29, 1.82) is 0 Å². The highest BCUT2D eigenvalue weighted by molar-refractivity contribution is 7.95. The molecule has 3 nitrogen and oxygen atoms in total. The predicted molar refractivity (Wildman–Crippen MR) is 47.1 cm³/mol. The first-order valence-electron chi connectivity index (χ1n) is 3.35. The zero-order valence-electron chi connectivity index (χ0n) is 7.16. The molecule has 0 rings (SSSR count). The van der Waals surface area contributed by atoms with Gasteiger partial charge in [-0.2, -0.15) is 0 Å². The zero-order valence-corrected chi connectivity index (χ0v) is 7.98. The molecule has 0 aliphatic rings. The van der Waals surface area contributed by atoms with Gasteiger partial charge in [-0.15, -0.1) is 0 Å². The van der Waals surface area contributed by atoms with Crippen LogP contribution in [0.3, 0.4) is 0 Å². The minimum Gasteiger partial charge on any atom is -0.481 e. The Morgan fingerprint density at radius 1 is 1.64 bits per heavy atom. The van der Waals surface area contributed by atoms with E-state index in [4.69, 9.17) is 9.84 Å². The molecule has 0 aromatic heterocycles. The molecule has 0 spiro atoms. The van der Waals surface area contributed by atoms with Crippen molar-refractivity contribution >= 4 is 16.9 Å². The van der Waals surface area contributed by atoms with Gasteiger partial charge in [0.2, 0.25) is 0 Å². The third-order valence-corrected chi connectivity index (χ3v) is 2.29. The molecule has 11 heavy (non-hydrogen) atoms. The molecular formula is C7H15O3S+. The monoisotopic (exact) mass is 179 g/mol. The second-order valence-electron chi connectivity index (χ2n) is 2.61. The van der Waals surface area contributed by atoms with Crippen LogP contribution in [-0.4, -0.2) is 42.6 Å². The first-order chi connectivity index (χ1) is 5.06. The maximum absolute atomic E-state index is 10.3. The van der Waals surface area contributed by atoms with Crippen LogP contribution >= 0.6 is 0 Å². The number of carbonyl (C=O) groups is 1. The lowest BCUT2D eigenvalue weighted by Crippen LogP contribution is -2.24. The van der Waals surface area contributed by atoms with Crippen LogP contribution < -0.4 is 0 Å². The van der Waals surface area contributed by atoms with E-state index in [1.807, 2.05) is 0 Å². The normalized spacial score (nSPS) is 13.5. The Labute approximate surface area is 70.1 Å². The van der Waals surface area contributed by atoms with Gasteiger partial charge in [0.05, 0.1) is 18.9 Å². The number of hydrogen-bond donors (Lipinski definition) is 1. The lowest BCUT2D eigenvalue weighted by Gasteiger charge is -2.09. The van der Waals surface area contributed by atoms with Gasteiger partial charge < -0.3 is 9.84 Å². The van der Waals surface area contributed by atoms with Crippen LogP contribution in [-0.2, 0) is 20.4 Å². The van der Waals surface area contributed by atoms with Gasteiger partial charge in [0, 0.05) is 7.11 Å². The van der Waals surface area contributed by atoms with Crippen molar-refractivity contribution in [2.45, 2.75) is 12.5 Å². The topological polar surface area (TPSA) is 46.5 Å². The summed E-state index contributed by atoms with van der Waals surface area (Å²) in [6.45, 7) is 0. The lowest BCUT2D eigenvalue weighted by molar-refractivity contribution is -0.139. The molecule has 1 N–H and O–H groups in total. The molecule has 0 radical (unpaired) electrons. The summed E-state index contributed by atoms with van der Waals surface area (Å²) in [5.74, 6) is 0.0466. The largest absolute Gasteiger partial charge is 0.481 e. The Balaban J connectivity index is 3.66. The van der Waals surface area contributed by atoms with Crippen molar-refractivity contribution in [3.63, 3.8) is 0 Å². The average Bonchev–Trinajstić information content (AvgIpc) is 1.84.